The fourth-order valence-corrected chi connectivity index (χ4v) is 3.45. The highest BCUT2D eigenvalue weighted by molar-refractivity contribution is 7.89. The molecule has 3 N–H and O–H groups in total. The Bertz CT molecular complexity index is 696. The van der Waals surface area contributed by atoms with Crippen LogP contribution in [0.5, 0.6) is 5.75 Å². The molecule has 0 aliphatic carbocycles. The zero-order valence-electron chi connectivity index (χ0n) is 11.7. The fraction of sp³-hybridized carbons (Fsp3) is 0.286. The Morgan fingerprint density at radius 3 is 2.67 bits per heavy atom. The van der Waals surface area contributed by atoms with Crippen molar-refractivity contribution < 1.29 is 13.2 Å². The molecule has 2 aromatic rings. The van der Waals surface area contributed by atoms with Crippen molar-refractivity contribution in [1.29, 1.82) is 0 Å². The van der Waals surface area contributed by atoms with Gasteiger partial charge in [-0.25, -0.2) is 13.1 Å². The van der Waals surface area contributed by atoms with Crippen LogP contribution in [-0.4, -0.2) is 20.8 Å². The second-order valence-electron chi connectivity index (χ2n) is 4.54. The van der Waals surface area contributed by atoms with Gasteiger partial charge in [0.1, 0.15) is 12.4 Å². The van der Waals surface area contributed by atoms with Gasteiger partial charge in [0, 0.05) is 16.3 Å². The number of aryl methyl sites for hydroxylation is 1. The van der Waals surface area contributed by atoms with Gasteiger partial charge in [-0.05, 0) is 31.2 Å². The van der Waals surface area contributed by atoms with Crippen molar-refractivity contribution >= 4 is 27.0 Å². The Kier molecular flexibility index (Phi) is 5.22. The summed E-state index contributed by atoms with van der Waals surface area (Å²) in [6, 6.07) is 10.9. The van der Waals surface area contributed by atoms with E-state index in [0.717, 1.165) is 9.75 Å². The highest BCUT2D eigenvalue weighted by Gasteiger charge is 2.11. The third kappa shape index (κ3) is 5.04. The lowest BCUT2D eigenvalue weighted by Crippen LogP contribution is -2.28. The lowest BCUT2D eigenvalue weighted by molar-refractivity contribution is 0.342. The monoisotopic (exact) mass is 326 g/mol. The molecule has 0 amide bonds. The molecule has 0 fully saturated rings. The minimum Gasteiger partial charge on any atom is -0.490 e. The Labute approximate surface area is 128 Å². The SMILES string of the molecule is Cc1ccc(CNS(=O)(=O)CCOc2ccccc2N)s1. The van der Waals surface area contributed by atoms with Crippen molar-refractivity contribution in [3.05, 3.63) is 46.2 Å². The Hall–Kier alpha value is -1.57. The number of anilines is 1. The zero-order valence-corrected chi connectivity index (χ0v) is 13.3. The Morgan fingerprint density at radius 1 is 1.24 bits per heavy atom. The van der Waals surface area contributed by atoms with E-state index in [0.29, 0.717) is 18.0 Å². The smallest absolute Gasteiger partial charge is 0.215 e. The van der Waals surface area contributed by atoms with Gasteiger partial charge < -0.3 is 10.5 Å². The molecule has 0 aliphatic heterocycles. The number of para-hydroxylation sites is 2. The molecule has 0 atom stereocenters. The average Bonchev–Trinajstić information content (AvgIpc) is 2.85. The summed E-state index contributed by atoms with van der Waals surface area (Å²) in [4.78, 5) is 2.15. The van der Waals surface area contributed by atoms with Crippen LogP contribution in [0.1, 0.15) is 9.75 Å². The number of nitrogens with two attached hydrogens (primary N) is 1. The minimum atomic E-state index is -3.36. The van der Waals surface area contributed by atoms with Crippen LogP contribution >= 0.6 is 11.3 Å². The molecule has 2 rings (SSSR count). The van der Waals surface area contributed by atoms with Crippen molar-refractivity contribution in [2.45, 2.75) is 13.5 Å². The van der Waals surface area contributed by atoms with Gasteiger partial charge in [0.15, 0.2) is 0 Å². The molecule has 0 bridgehead atoms. The Morgan fingerprint density at radius 2 is 2.00 bits per heavy atom. The minimum absolute atomic E-state index is 0.0625. The number of sulfonamides is 1. The second-order valence-corrected chi connectivity index (χ2v) is 7.84. The third-order valence-corrected chi connectivity index (χ3v) is 5.08. The molecular formula is C14H18N2O3S2. The van der Waals surface area contributed by atoms with Gasteiger partial charge in [0.25, 0.3) is 0 Å². The van der Waals surface area contributed by atoms with E-state index in [1.54, 1.807) is 35.6 Å². The van der Waals surface area contributed by atoms with Crippen LogP contribution in [-0.2, 0) is 16.6 Å². The maximum Gasteiger partial charge on any atom is 0.215 e. The van der Waals surface area contributed by atoms with Crippen LogP contribution in [0, 0.1) is 6.92 Å². The number of nitrogen functional groups attached to an aromatic ring is 1. The van der Waals surface area contributed by atoms with Crippen molar-refractivity contribution in [1.82, 2.24) is 4.72 Å². The molecule has 0 radical (unpaired) electrons. The maximum absolute atomic E-state index is 11.9. The lowest BCUT2D eigenvalue weighted by atomic mass is 10.3. The molecule has 0 aliphatic rings. The van der Waals surface area contributed by atoms with E-state index in [1.165, 1.54) is 0 Å². The van der Waals surface area contributed by atoms with Crippen LogP contribution in [0.15, 0.2) is 36.4 Å². The largest absolute Gasteiger partial charge is 0.490 e. The summed E-state index contributed by atoms with van der Waals surface area (Å²) >= 11 is 1.58. The van der Waals surface area contributed by atoms with Gasteiger partial charge >= 0.3 is 0 Å². The van der Waals surface area contributed by atoms with E-state index in [4.69, 9.17) is 10.5 Å². The predicted molar refractivity (Wildman–Crippen MR) is 86.0 cm³/mol. The van der Waals surface area contributed by atoms with E-state index in [9.17, 15) is 8.42 Å². The number of benzene rings is 1. The topological polar surface area (TPSA) is 81.4 Å². The van der Waals surface area contributed by atoms with E-state index in [-0.39, 0.29) is 12.4 Å². The average molecular weight is 326 g/mol. The highest BCUT2D eigenvalue weighted by atomic mass is 32.2. The number of ether oxygens (including phenoxy) is 1. The molecule has 0 saturated carbocycles. The maximum atomic E-state index is 11.9. The summed E-state index contributed by atoms with van der Waals surface area (Å²) in [7, 11) is -3.36. The first-order valence-corrected chi connectivity index (χ1v) is 8.93. The summed E-state index contributed by atoms with van der Waals surface area (Å²) in [6.07, 6.45) is 0. The van der Waals surface area contributed by atoms with Crippen molar-refractivity contribution in [2.75, 3.05) is 18.1 Å². The molecule has 1 aromatic heterocycles. The summed E-state index contributed by atoms with van der Waals surface area (Å²) in [5.74, 6) is 0.396. The van der Waals surface area contributed by atoms with Crippen molar-refractivity contribution in [3.63, 3.8) is 0 Å². The molecule has 114 valence electrons. The summed E-state index contributed by atoms with van der Waals surface area (Å²) in [6.45, 7) is 2.36. The number of hydrogen-bond donors (Lipinski definition) is 2. The highest BCUT2D eigenvalue weighted by Crippen LogP contribution is 2.19. The van der Waals surface area contributed by atoms with Gasteiger partial charge in [-0.15, -0.1) is 11.3 Å². The summed E-state index contributed by atoms with van der Waals surface area (Å²) in [5.41, 5.74) is 6.22. The van der Waals surface area contributed by atoms with Crippen LogP contribution in [0.2, 0.25) is 0 Å². The molecule has 21 heavy (non-hydrogen) atoms. The van der Waals surface area contributed by atoms with Gasteiger partial charge in [0.2, 0.25) is 10.0 Å². The molecule has 7 heteroatoms. The number of hydrogen-bond acceptors (Lipinski definition) is 5. The number of rotatable bonds is 7. The van der Waals surface area contributed by atoms with E-state index in [1.807, 2.05) is 19.1 Å². The van der Waals surface area contributed by atoms with Gasteiger partial charge in [-0.1, -0.05) is 12.1 Å². The molecule has 5 nitrogen and oxygen atoms in total. The molecule has 0 unspecified atom stereocenters. The summed E-state index contributed by atoms with van der Waals surface area (Å²) < 4.78 is 31.7. The Balaban J connectivity index is 1.80. The zero-order chi connectivity index (χ0) is 15.3. The van der Waals surface area contributed by atoms with Crippen molar-refractivity contribution in [3.8, 4) is 5.75 Å². The van der Waals surface area contributed by atoms with E-state index < -0.39 is 10.0 Å². The molecule has 1 aromatic carbocycles. The van der Waals surface area contributed by atoms with Crippen LogP contribution in [0.3, 0.4) is 0 Å². The van der Waals surface area contributed by atoms with Gasteiger partial charge in [-0.3, -0.25) is 0 Å². The first-order chi connectivity index (χ1) is 9.96. The van der Waals surface area contributed by atoms with Gasteiger partial charge in [-0.2, -0.15) is 0 Å². The quantitative estimate of drug-likeness (QED) is 0.764. The van der Waals surface area contributed by atoms with E-state index in [2.05, 4.69) is 4.72 Å². The predicted octanol–water partition coefficient (Wildman–Crippen LogP) is 2.14. The van der Waals surface area contributed by atoms with Crippen LogP contribution in [0.4, 0.5) is 5.69 Å². The number of thiophene rings is 1. The molecular weight excluding hydrogens is 308 g/mol. The number of nitrogens with one attached hydrogen (secondary N) is 1. The third-order valence-electron chi connectivity index (χ3n) is 2.79. The standard InChI is InChI=1S/C14H18N2O3S2/c1-11-6-7-12(20-11)10-16-21(17,18)9-8-19-14-5-3-2-4-13(14)15/h2-7,16H,8-10,15H2,1H3. The van der Waals surface area contributed by atoms with Crippen molar-refractivity contribution in [2.24, 2.45) is 0 Å². The fourth-order valence-electron chi connectivity index (χ4n) is 1.71. The molecule has 0 spiro atoms. The molecule has 1 heterocycles. The van der Waals surface area contributed by atoms with E-state index >= 15 is 0 Å². The van der Waals surface area contributed by atoms with Crippen LogP contribution < -0.4 is 15.2 Å². The molecule has 0 saturated heterocycles. The first kappa shape index (κ1) is 15.8. The first-order valence-electron chi connectivity index (χ1n) is 6.46. The second kappa shape index (κ2) is 6.93. The van der Waals surface area contributed by atoms with Crippen LogP contribution in [0.25, 0.3) is 0 Å². The summed E-state index contributed by atoms with van der Waals surface area (Å²) in [5, 5.41) is 0. The van der Waals surface area contributed by atoms with Gasteiger partial charge in [0.05, 0.1) is 11.4 Å². The lowest BCUT2D eigenvalue weighted by Gasteiger charge is -2.09. The normalized spacial score (nSPS) is 11.5.